The molecule has 1 unspecified atom stereocenters. The molecule has 1 N–H and O–H groups in total. The van der Waals surface area contributed by atoms with E-state index in [-0.39, 0.29) is 23.2 Å². The van der Waals surface area contributed by atoms with Crippen molar-refractivity contribution in [3.8, 4) is 0 Å². The minimum absolute atomic E-state index is 0.0865. The van der Waals surface area contributed by atoms with Gasteiger partial charge in [-0.3, -0.25) is 4.79 Å². The van der Waals surface area contributed by atoms with Crippen molar-refractivity contribution in [2.75, 3.05) is 27.4 Å². The van der Waals surface area contributed by atoms with E-state index in [2.05, 4.69) is 9.46 Å². The van der Waals surface area contributed by atoms with Crippen molar-refractivity contribution in [2.45, 2.75) is 18.2 Å². The maximum atomic E-state index is 12.1. The monoisotopic (exact) mass is 315 g/mol. The van der Waals surface area contributed by atoms with Crippen LogP contribution in [0.15, 0.2) is 29.2 Å². The first-order chi connectivity index (χ1) is 9.89. The van der Waals surface area contributed by atoms with Crippen molar-refractivity contribution in [1.82, 2.24) is 4.72 Å². The van der Waals surface area contributed by atoms with Crippen LogP contribution < -0.4 is 4.72 Å². The third-order valence-corrected chi connectivity index (χ3v) is 4.32. The summed E-state index contributed by atoms with van der Waals surface area (Å²) < 4.78 is 36.2. The van der Waals surface area contributed by atoms with Gasteiger partial charge in [0.25, 0.3) is 0 Å². The first-order valence-electron chi connectivity index (χ1n) is 6.53. The van der Waals surface area contributed by atoms with Crippen molar-refractivity contribution in [3.63, 3.8) is 0 Å². The number of sulfonamides is 1. The van der Waals surface area contributed by atoms with Crippen LogP contribution in [0.1, 0.15) is 12.5 Å². The van der Waals surface area contributed by atoms with Gasteiger partial charge in [-0.25, -0.2) is 13.1 Å². The molecule has 118 valence electrons. The molecule has 0 aromatic heterocycles. The topological polar surface area (TPSA) is 81.7 Å². The van der Waals surface area contributed by atoms with Gasteiger partial charge in [0.1, 0.15) is 0 Å². The van der Waals surface area contributed by atoms with Gasteiger partial charge in [-0.2, -0.15) is 0 Å². The van der Waals surface area contributed by atoms with Gasteiger partial charge >= 0.3 is 5.97 Å². The zero-order valence-corrected chi connectivity index (χ0v) is 13.3. The van der Waals surface area contributed by atoms with Crippen LogP contribution in [0.5, 0.6) is 0 Å². The smallest absolute Gasteiger partial charge is 0.309 e. The minimum atomic E-state index is -3.55. The first kappa shape index (κ1) is 17.6. The number of rotatable bonds is 8. The third-order valence-electron chi connectivity index (χ3n) is 2.88. The number of benzene rings is 1. The number of hydrogen-bond donors (Lipinski definition) is 1. The van der Waals surface area contributed by atoms with Crippen molar-refractivity contribution in [2.24, 2.45) is 5.92 Å². The number of carbonyl (C=O) groups excluding carboxylic acids is 1. The van der Waals surface area contributed by atoms with E-state index in [0.717, 1.165) is 0 Å². The van der Waals surface area contributed by atoms with Crippen LogP contribution in [0.2, 0.25) is 0 Å². The Morgan fingerprint density at radius 3 is 2.38 bits per heavy atom. The predicted molar refractivity (Wildman–Crippen MR) is 78.4 cm³/mol. The van der Waals surface area contributed by atoms with Crippen LogP contribution in [0, 0.1) is 5.92 Å². The molecule has 0 aliphatic carbocycles. The van der Waals surface area contributed by atoms with Gasteiger partial charge in [0, 0.05) is 20.3 Å². The summed E-state index contributed by atoms with van der Waals surface area (Å²) >= 11 is 0. The summed E-state index contributed by atoms with van der Waals surface area (Å²) in [6.45, 7) is 2.69. The van der Waals surface area contributed by atoms with Crippen LogP contribution in [0.4, 0.5) is 0 Å². The highest BCUT2D eigenvalue weighted by Crippen LogP contribution is 2.11. The Morgan fingerprint density at radius 1 is 1.24 bits per heavy atom. The molecule has 1 aromatic carbocycles. The summed E-state index contributed by atoms with van der Waals surface area (Å²) in [6.07, 6.45) is 0.120. The normalized spacial score (nSPS) is 12.9. The molecule has 0 spiro atoms. The molecule has 0 aliphatic heterocycles. The van der Waals surface area contributed by atoms with E-state index in [4.69, 9.17) is 4.74 Å². The van der Waals surface area contributed by atoms with E-state index < -0.39 is 10.0 Å². The molecule has 0 bridgehead atoms. The number of hydrogen-bond acceptors (Lipinski definition) is 5. The average Bonchev–Trinajstić information content (AvgIpc) is 2.46. The van der Waals surface area contributed by atoms with E-state index >= 15 is 0 Å². The zero-order chi connectivity index (χ0) is 15.9. The number of ether oxygens (including phenoxy) is 2. The largest absolute Gasteiger partial charge is 0.469 e. The minimum Gasteiger partial charge on any atom is -0.469 e. The van der Waals surface area contributed by atoms with Crippen LogP contribution in [0.3, 0.4) is 0 Å². The lowest BCUT2D eigenvalue weighted by atomic mass is 10.2. The number of esters is 1. The highest BCUT2D eigenvalue weighted by Gasteiger charge is 2.15. The summed E-state index contributed by atoms with van der Waals surface area (Å²) in [4.78, 5) is 11.3. The second-order valence-corrected chi connectivity index (χ2v) is 6.58. The third kappa shape index (κ3) is 5.82. The molecular formula is C14H21NO5S. The maximum Gasteiger partial charge on any atom is 0.309 e. The molecule has 0 saturated carbocycles. The lowest BCUT2D eigenvalue weighted by Gasteiger charge is -2.12. The van der Waals surface area contributed by atoms with E-state index in [1.807, 2.05) is 6.92 Å². The Labute approximate surface area is 125 Å². The molecule has 0 heterocycles. The Balaban J connectivity index is 2.69. The highest BCUT2D eigenvalue weighted by atomic mass is 32.2. The molecule has 1 rings (SSSR count). The van der Waals surface area contributed by atoms with Crippen LogP contribution in [-0.2, 0) is 30.7 Å². The fraction of sp³-hybridized carbons (Fsp3) is 0.500. The van der Waals surface area contributed by atoms with E-state index in [0.29, 0.717) is 18.7 Å². The van der Waals surface area contributed by atoms with Gasteiger partial charge in [0.15, 0.2) is 0 Å². The second-order valence-electron chi connectivity index (χ2n) is 4.81. The van der Waals surface area contributed by atoms with Crippen LogP contribution in [0.25, 0.3) is 0 Å². The quantitative estimate of drug-likeness (QED) is 0.723. The SMILES string of the molecule is COCC(C)CNS(=O)(=O)c1ccc(CC(=O)OC)cc1. The molecular weight excluding hydrogens is 294 g/mol. The summed E-state index contributed by atoms with van der Waals surface area (Å²) in [6, 6.07) is 6.15. The molecule has 0 radical (unpaired) electrons. The molecule has 21 heavy (non-hydrogen) atoms. The molecule has 7 heteroatoms. The summed E-state index contributed by atoms with van der Waals surface area (Å²) in [5.74, 6) is -0.277. The Morgan fingerprint density at radius 2 is 1.86 bits per heavy atom. The average molecular weight is 315 g/mol. The Bertz CT molecular complexity index is 553. The lowest BCUT2D eigenvalue weighted by molar-refractivity contribution is -0.139. The number of methoxy groups -OCH3 is 2. The summed E-state index contributed by atoms with van der Waals surface area (Å²) in [5, 5.41) is 0. The van der Waals surface area contributed by atoms with Crippen molar-refractivity contribution >= 4 is 16.0 Å². The van der Waals surface area contributed by atoms with Gasteiger partial charge in [-0.05, 0) is 23.6 Å². The van der Waals surface area contributed by atoms with Crippen LogP contribution in [-0.4, -0.2) is 41.8 Å². The predicted octanol–water partition coefficient (Wildman–Crippen LogP) is 0.963. The van der Waals surface area contributed by atoms with Crippen LogP contribution >= 0.6 is 0 Å². The first-order valence-corrected chi connectivity index (χ1v) is 8.01. The number of carbonyl (C=O) groups is 1. The Hall–Kier alpha value is -1.44. The van der Waals surface area contributed by atoms with Gasteiger partial charge in [-0.15, -0.1) is 0 Å². The highest BCUT2D eigenvalue weighted by molar-refractivity contribution is 7.89. The molecule has 0 fully saturated rings. The van der Waals surface area contributed by atoms with E-state index in [9.17, 15) is 13.2 Å². The van der Waals surface area contributed by atoms with Gasteiger partial charge in [-0.1, -0.05) is 19.1 Å². The summed E-state index contributed by atoms with van der Waals surface area (Å²) in [7, 11) is -0.660. The molecule has 0 amide bonds. The standard InChI is InChI=1S/C14H21NO5S/c1-11(10-19-2)9-15-21(17,18)13-6-4-12(5-7-13)8-14(16)20-3/h4-7,11,15H,8-10H2,1-3H3. The second kappa shape index (κ2) is 8.11. The molecule has 0 aliphatic rings. The molecule has 1 atom stereocenters. The summed E-state index contributed by atoms with van der Waals surface area (Å²) in [5.41, 5.74) is 0.702. The van der Waals surface area contributed by atoms with E-state index in [1.165, 1.54) is 19.2 Å². The molecule has 1 aromatic rings. The Kier molecular flexibility index (Phi) is 6.80. The van der Waals surface area contributed by atoms with Crippen molar-refractivity contribution in [3.05, 3.63) is 29.8 Å². The molecule has 0 saturated heterocycles. The zero-order valence-electron chi connectivity index (χ0n) is 12.5. The van der Waals surface area contributed by atoms with Gasteiger partial charge < -0.3 is 9.47 Å². The fourth-order valence-electron chi connectivity index (χ4n) is 1.70. The molecule has 6 nitrogen and oxygen atoms in total. The lowest BCUT2D eigenvalue weighted by Crippen LogP contribution is -2.30. The van der Waals surface area contributed by atoms with Crippen molar-refractivity contribution < 1.29 is 22.7 Å². The maximum absolute atomic E-state index is 12.1. The van der Waals surface area contributed by atoms with Gasteiger partial charge in [0.05, 0.1) is 18.4 Å². The van der Waals surface area contributed by atoms with E-state index in [1.54, 1.807) is 19.2 Å². The van der Waals surface area contributed by atoms with Crippen molar-refractivity contribution in [1.29, 1.82) is 0 Å². The van der Waals surface area contributed by atoms with Gasteiger partial charge in [0.2, 0.25) is 10.0 Å². The fourth-order valence-corrected chi connectivity index (χ4v) is 2.87. The number of nitrogens with one attached hydrogen (secondary N) is 1.